The van der Waals surface area contributed by atoms with Gasteiger partial charge in [-0.1, -0.05) is 0 Å². The first kappa shape index (κ1) is 16.7. The number of methoxy groups -OCH3 is 1. The molecule has 1 saturated heterocycles. The van der Waals surface area contributed by atoms with Gasteiger partial charge in [-0.3, -0.25) is 4.79 Å². The molecule has 21 heavy (non-hydrogen) atoms. The van der Waals surface area contributed by atoms with Gasteiger partial charge in [0, 0.05) is 35.8 Å². The molecule has 5 nitrogen and oxygen atoms in total. The Kier molecular flexibility index (Phi) is 4.68. The Morgan fingerprint density at radius 3 is 2.71 bits per heavy atom. The zero-order valence-corrected chi connectivity index (χ0v) is 14.6. The van der Waals surface area contributed by atoms with Gasteiger partial charge in [0.15, 0.2) is 0 Å². The van der Waals surface area contributed by atoms with Gasteiger partial charge in [-0.25, -0.2) is 8.42 Å². The molecule has 1 aliphatic heterocycles. The summed E-state index contributed by atoms with van der Waals surface area (Å²) in [5, 5.41) is 0. The molecule has 8 heteroatoms. The van der Waals surface area contributed by atoms with E-state index in [9.17, 15) is 13.2 Å². The quantitative estimate of drug-likeness (QED) is 0.785. The molecule has 2 heterocycles. The highest BCUT2D eigenvalue weighted by atomic mass is 35.7. The molecule has 0 bridgehead atoms. The topological polar surface area (TPSA) is 63.7 Å². The molecule has 1 amide bonds. The van der Waals surface area contributed by atoms with Gasteiger partial charge >= 0.3 is 0 Å². The number of likely N-dealkylation sites (tertiary alicyclic amines) is 1. The van der Waals surface area contributed by atoms with Crippen LogP contribution in [0.3, 0.4) is 0 Å². The summed E-state index contributed by atoms with van der Waals surface area (Å²) in [4.78, 5) is 15.2. The fourth-order valence-corrected chi connectivity index (χ4v) is 5.15. The lowest BCUT2D eigenvalue weighted by Gasteiger charge is -2.39. The summed E-state index contributed by atoms with van der Waals surface area (Å²) in [5.41, 5.74) is -0.346. The number of aryl methyl sites for hydroxylation is 1. The Bertz CT molecular complexity index is 655. The SMILES string of the molecule is COC1(C)CCCN(C(=O)c2cc(S(=O)(=O)Cl)c(C)s2)C1. The molecule has 1 aromatic rings. The number of hydrogen-bond acceptors (Lipinski definition) is 5. The third-order valence-corrected chi connectivity index (χ3v) is 6.40. The number of halogens is 1. The summed E-state index contributed by atoms with van der Waals surface area (Å²) in [6, 6.07) is 1.36. The third kappa shape index (κ3) is 3.59. The number of ether oxygens (including phenoxy) is 1. The van der Waals surface area contributed by atoms with E-state index in [1.54, 1.807) is 18.9 Å². The van der Waals surface area contributed by atoms with E-state index in [-0.39, 0.29) is 16.4 Å². The van der Waals surface area contributed by atoms with Gasteiger partial charge in [0.2, 0.25) is 0 Å². The molecule has 0 radical (unpaired) electrons. The summed E-state index contributed by atoms with van der Waals surface area (Å²) in [7, 11) is 3.19. The molecular weight excluding hydrogens is 334 g/mol. The van der Waals surface area contributed by atoms with Crippen molar-refractivity contribution >= 4 is 37.0 Å². The summed E-state index contributed by atoms with van der Waals surface area (Å²) in [6.45, 7) is 4.77. The van der Waals surface area contributed by atoms with Crippen LogP contribution in [0.1, 0.15) is 34.3 Å². The predicted molar refractivity (Wildman–Crippen MR) is 82.6 cm³/mol. The van der Waals surface area contributed by atoms with E-state index in [1.807, 2.05) is 6.92 Å². The molecule has 0 saturated carbocycles. The molecule has 118 valence electrons. The maximum absolute atomic E-state index is 12.5. The Labute approximate surface area is 133 Å². The second kappa shape index (κ2) is 5.87. The highest BCUT2D eigenvalue weighted by Crippen LogP contribution is 2.31. The van der Waals surface area contributed by atoms with Crippen LogP contribution in [0.25, 0.3) is 0 Å². The molecule has 1 aromatic heterocycles. The summed E-state index contributed by atoms with van der Waals surface area (Å²) in [5.74, 6) is -0.169. The monoisotopic (exact) mass is 351 g/mol. The van der Waals surface area contributed by atoms with Crippen LogP contribution in [-0.2, 0) is 13.8 Å². The second-order valence-electron chi connectivity index (χ2n) is 5.45. The van der Waals surface area contributed by atoms with Crippen molar-refractivity contribution in [3.63, 3.8) is 0 Å². The van der Waals surface area contributed by atoms with Crippen molar-refractivity contribution in [1.82, 2.24) is 4.90 Å². The van der Waals surface area contributed by atoms with Crippen molar-refractivity contribution in [3.05, 3.63) is 15.8 Å². The molecule has 1 atom stereocenters. The number of rotatable bonds is 3. The van der Waals surface area contributed by atoms with Crippen molar-refractivity contribution in [1.29, 1.82) is 0 Å². The van der Waals surface area contributed by atoms with Crippen molar-refractivity contribution < 1.29 is 17.9 Å². The van der Waals surface area contributed by atoms with Crippen LogP contribution >= 0.6 is 22.0 Å². The summed E-state index contributed by atoms with van der Waals surface area (Å²) < 4.78 is 28.4. The van der Waals surface area contributed by atoms with Gasteiger partial charge in [0.25, 0.3) is 15.0 Å². The first-order chi connectivity index (χ1) is 9.66. The Balaban J connectivity index is 2.25. The minimum Gasteiger partial charge on any atom is -0.377 e. The molecule has 0 N–H and O–H groups in total. The van der Waals surface area contributed by atoms with Crippen LogP contribution < -0.4 is 0 Å². The largest absolute Gasteiger partial charge is 0.377 e. The lowest BCUT2D eigenvalue weighted by atomic mass is 9.94. The lowest BCUT2D eigenvalue weighted by Crippen LogP contribution is -2.49. The molecule has 2 rings (SSSR count). The zero-order valence-electron chi connectivity index (χ0n) is 12.2. The Morgan fingerprint density at radius 1 is 1.52 bits per heavy atom. The second-order valence-corrected chi connectivity index (χ2v) is 9.24. The van der Waals surface area contributed by atoms with E-state index in [0.717, 1.165) is 24.2 Å². The standard InChI is InChI=1S/C13H18ClNO4S2/c1-9-11(21(14,17)18)7-10(20-9)12(16)15-6-4-5-13(2,8-15)19-3/h7H,4-6,8H2,1-3H3. The van der Waals surface area contributed by atoms with Crippen LogP contribution in [-0.4, -0.2) is 45.0 Å². The van der Waals surface area contributed by atoms with E-state index in [1.165, 1.54) is 6.07 Å². The third-order valence-electron chi connectivity index (χ3n) is 3.78. The summed E-state index contributed by atoms with van der Waals surface area (Å²) in [6.07, 6.45) is 1.76. The van der Waals surface area contributed by atoms with Crippen molar-refractivity contribution in [2.75, 3.05) is 20.2 Å². The van der Waals surface area contributed by atoms with Crippen LogP contribution in [0.15, 0.2) is 11.0 Å². The molecule has 0 aliphatic carbocycles. The number of thiophene rings is 1. The first-order valence-electron chi connectivity index (χ1n) is 6.56. The lowest BCUT2D eigenvalue weighted by molar-refractivity contribution is -0.0439. The summed E-state index contributed by atoms with van der Waals surface area (Å²) >= 11 is 1.16. The number of carbonyl (C=O) groups is 1. The number of nitrogens with zero attached hydrogens (tertiary/aromatic N) is 1. The molecular formula is C13H18ClNO4S2. The van der Waals surface area contributed by atoms with Crippen molar-refractivity contribution in [3.8, 4) is 0 Å². The fraction of sp³-hybridized carbons (Fsp3) is 0.615. The van der Waals surface area contributed by atoms with Crippen molar-refractivity contribution in [2.24, 2.45) is 0 Å². The van der Waals surface area contributed by atoms with Gasteiger partial charge in [0.05, 0.1) is 15.4 Å². The van der Waals surface area contributed by atoms with E-state index < -0.39 is 9.05 Å². The fourth-order valence-electron chi connectivity index (χ4n) is 2.51. The van der Waals surface area contributed by atoms with Gasteiger partial charge < -0.3 is 9.64 Å². The normalized spacial score (nSPS) is 23.3. The molecule has 1 unspecified atom stereocenters. The van der Waals surface area contributed by atoms with Gasteiger partial charge in [-0.05, 0) is 32.8 Å². The van der Waals surface area contributed by atoms with Crippen molar-refractivity contribution in [2.45, 2.75) is 37.2 Å². The smallest absolute Gasteiger partial charge is 0.264 e. The van der Waals surface area contributed by atoms with E-state index >= 15 is 0 Å². The van der Waals surface area contributed by atoms with Gasteiger partial charge in [-0.2, -0.15) is 0 Å². The molecule has 1 fully saturated rings. The number of piperidine rings is 1. The minimum absolute atomic E-state index is 0.0176. The van der Waals surface area contributed by atoms with Gasteiger partial charge in [-0.15, -0.1) is 11.3 Å². The Hall–Kier alpha value is -0.630. The van der Waals surface area contributed by atoms with Crippen LogP contribution in [0.4, 0.5) is 0 Å². The maximum atomic E-state index is 12.5. The van der Waals surface area contributed by atoms with Crippen LogP contribution in [0.5, 0.6) is 0 Å². The molecule has 0 aromatic carbocycles. The molecule has 0 spiro atoms. The van der Waals surface area contributed by atoms with Crippen LogP contribution in [0.2, 0.25) is 0 Å². The highest BCUT2D eigenvalue weighted by molar-refractivity contribution is 8.13. The minimum atomic E-state index is -3.82. The Morgan fingerprint density at radius 2 is 2.19 bits per heavy atom. The maximum Gasteiger partial charge on any atom is 0.264 e. The molecule has 1 aliphatic rings. The predicted octanol–water partition coefficient (Wildman–Crippen LogP) is 2.63. The van der Waals surface area contributed by atoms with E-state index in [0.29, 0.717) is 22.8 Å². The highest BCUT2D eigenvalue weighted by Gasteiger charge is 2.34. The van der Waals surface area contributed by atoms with Crippen LogP contribution in [0, 0.1) is 6.92 Å². The number of carbonyl (C=O) groups excluding carboxylic acids is 1. The average Bonchev–Trinajstić information content (AvgIpc) is 2.80. The zero-order chi connectivity index (χ0) is 15.8. The first-order valence-corrected chi connectivity index (χ1v) is 9.68. The average molecular weight is 352 g/mol. The van der Waals surface area contributed by atoms with E-state index in [4.69, 9.17) is 15.4 Å². The number of hydrogen-bond donors (Lipinski definition) is 0. The number of amides is 1. The van der Waals surface area contributed by atoms with Gasteiger partial charge in [0.1, 0.15) is 0 Å². The van der Waals surface area contributed by atoms with E-state index in [2.05, 4.69) is 0 Å².